The molecule has 19 heavy (non-hydrogen) atoms. The van der Waals surface area contributed by atoms with Gasteiger partial charge in [-0.3, -0.25) is 0 Å². The van der Waals surface area contributed by atoms with E-state index >= 15 is 0 Å². The molecule has 0 heterocycles. The molecule has 0 radical (unpaired) electrons. The van der Waals surface area contributed by atoms with Crippen molar-refractivity contribution in [3.05, 3.63) is 23.8 Å². The van der Waals surface area contributed by atoms with Gasteiger partial charge in [0.15, 0.2) is 0 Å². The number of hydrogen-bond acceptors (Lipinski definition) is 4. The molecule has 0 bridgehead atoms. The Labute approximate surface area is 119 Å². The molecule has 1 aromatic rings. The van der Waals surface area contributed by atoms with E-state index in [0.29, 0.717) is 0 Å². The summed E-state index contributed by atoms with van der Waals surface area (Å²) in [6, 6.07) is 8.20. The van der Waals surface area contributed by atoms with Gasteiger partial charge in [-0.1, -0.05) is 6.07 Å². The maximum absolute atomic E-state index is 9.21. The highest BCUT2D eigenvalue weighted by Crippen LogP contribution is 2.29. The second-order valence-electron chi connectivity index (χ2n) is 4.79. The van der Waals surface area contributed by atoms with Gasteiger partial charge < -0.3 is 10.1 Å². The van der Waals surface area contributed by atoms with Crippen molar-refractivity contribution in [3.8, 4) is 6.07 Å². The topological polar surface area (TPSA) is 45.0 Å². The van der Waals surface area contributed by atoms with Crippen molar-refractivity contribution in [2.75, 3.05) is 31.3 Å². The molecule has 1 saturated carbocycles. The van der Waals surface area contributed by atoms with E-state index in [9.17, 15) is 5.26 Å². The third-order valence-electron chi connectivity index (χ3n) is 3.19. The van der Waals surface area contributed by atoms with E-state index in [4.69, 9.17) is 4.74 Å². The first-order valence-electron chi connectivity index (χ1n) is 6.74. The lowest BCUT2D eigenvalue weighted by Crippen LogP contribution is -2.08. The fourth-order valence-corrected chi connectivity index (χ4v) is 2.47. The highest BCUT2D eigenvalue weighted by atomic mass is 32.2. The SMILES string of the molecule is CSc1cccc(NCCCOCC2CC2)c1C#N. The van der Waals surface area contributed by atoms with Crippen LogP contribution in [0.3, 0.4) is 0 Å². The van der Waals surface area contributed by atoms with E-state index in [0.717, 1.165) is 48.2 Å². The molecule has 3 nitrogen and oxygen atoms in total. The van der Waals surface area contributed by atoms with Crippen LogP contribution in [0.5, 0.6) is 0 Å². The van der Waals surface area contributed by atoms with E-state index in [-0.39, 0.29) is 0 Å². The van der Waals surface area contributed by atoms with Crippen LogP contribution in [-0.4, -0.2) is 26.0 Å². The first-order chi connectivity index (χ1) is 9.35. The quantitative estimate of drug-likeness (QED) is 0.583. The molecule has 1 aromatic carbocycles. The van der Waals surface area contributed by atoms with E-state index in [1.165, 1.54) is 12.8 Å². The molecule has 2 rings (SSSR count). The number of nitrogens with zero attached hydrogens (tertiary/aromatic N) is 1. The normalized spacial score (nSPS) is 14.1. The highest BCUT2D eigenvalue weighted by Gasteiger charge is 2.20. The minimum atomic E-state index is 0.744. The maximum atomic E-state index is 9.21. The van der Waals surface area contributed by atoms with Gasteiger partial charge in [-0.15, -0.1) is 11.8 Å². The third-order valence-corrected chi connectivity index (χ3v) is 3.97. The smallest absolute Gasteiger partial charge is 0.102 e. The largest absolute Gasteiger partial charge is 0.384 e. The molecule has 1 fully saturated rings. The van der Waals surface area contributed by atoms with E-state index in [1.54, 1.807) is 11.8 Å². The fraction of sp³-hybridized carbons (Fsp3) is 0.533. The van der Waals surface area contributed by atoms with Crippen LogP contribution in [0, 0.1) is 17.2 Å². The average molecular weight is 276 g/mol. The van der Waals surface area contributed by atoms with Gasteiger partial charge in [0.1, 0.15) is 6.07 Å². The van der Waals surface area contributed by atoms with Crippen LogP contribution in [0.25, 0.3) is 0 Å². The number of benzene rings is 1. The van der Waals surface area contributed by atoms with Crippen LogP contribution in [0.1, 0.15) is 24.8 Å². The lowest BCUT2D eigenvalue weighted by molar-refractivity contribution is 0.124. The van der Waals surface area contributed by atoms with Crippen molar-refractivity contribution in [3.63, 3.8) is 0 Å². The summed E-state index contributed by atoms with van der Waals surface area (Å²) in [5.41, 5.74) is 1.67. The third kappa shape index (κ3) is 4.45. The zero-order chi connectivity index (χ0) is 13.5. The molecule has 1 aliphatic rings. The first-order valence-corrected chi connectivity index (χ1v) is 7.96. The van der Waals surface area contributed by atoms with Crippen LogP contribution in [0.15, 0.2) is 23.1 Å². The number of nitrogens with one attached hydrogen (secondary N) is 1. The van der Waals surface area contributed by atoms with Crippen LogP contribution >= 0.6 is 11.8 Å². The zero-order valence-corrected chi connectivity index (χ0v) is 12.1. The van der Waals surface area contributed by atoms with Gasteiger partial charge >= 0.3 is 0 Å². The predicted octanol–water partition coefficient (Wildman–Crippen LogP) is 3.51. The highest BCUT2D eigenvalue weighted by molar-refractivity contribution is 7.98. The molecule has 0 spiro atoms. The van der Waals surface area contributed by atoms with Gasteiger partial charge in [-0.2, -0.15) is 5.26 Å². The van der Waals surface area contributed by atoms with Crippen LogP contribution < -0.4 is 5.32 Å². The summed E-state index contributed by atoms with van der Waals surface area (Å²) in [5, 5.41) is 12.5. The Balaban J connectivity index is 1.73. The number of thioether (sulfide) groups is 1. The molecule has 0 aliphatic heterocycles. The molecule has 4 heteroatoms. The molecule has 0 atom stereocenters. The van der Waals surface area contributed by atoms with Crippen molar-refractivity contribution in [2.24, 2.45) is 5.92 Å². The van der Waals surface area contributed by atoms with Crippen molar-refractivity contribution < 1.29 is 4.74 Å². The van der Waals surface area contributed by atoms with Crippen molar-refractivity contribution in [1.82, 2.24) is 0 Å². The van der Waals surface area contributed by atoms with Gasteiger partial charge in [-0.25, -0.2) is 0 Å². The average Bonchev–Trinajstić information content (AvgIpc) is 3.26. The van der Waals surface area contributed by atoms with Crippen molar-refractivity contribution in [1.29, 1.82) is 5.26 Å². The minimum Gasteiger partial charge on any atom is -0.384 e. The number of rotatable bonds is 8. The minimum absolute atomic E-state index is 0.744. The van der Waals surface area contributed by atoms with E-state index < -0.39 is 0 Å². The molecule has 0 saturated heterocycles. The van der Waals surface area contributed by atoms with Gasteiger partial charge in [0.05, 0.1) is 11.3 Å². The number of anilines is 1. The Bertz CT molecular complexity index is 452. The monoisotopic (exact) mass is 276 g/mol. The van der Waals surface area contributed by atoms with Crippen LogP contribution in [-0.2, 0) is 4.74 Å². The first kappa shape index (κ1) is 14.2. The predicted molar refractivity (Wildman–Crippen MR) is 79.6 cm³/mol. The Morgan fingerprint density at radius 2 is 2.32 bits per heavy atom. The van der Waals surface area contributed by atoms with Crippen LogP contribution in [0.2, 0.25) is 0 Å². The molecular weight excluding hydrogens is 256 g/mol. The molecule has 1 aliphatic carbocycles. The molecule has 1 N–H and O–H groups in total. The standard InChI is InChI=1S/C15H20N2OS/c1-19-15-5-2-4-14(13(15)10-16)17-8-3-9-18-11-12-6-7-12/h2,4-5,12,17H,3,6-9,11H2,1H3. The van der Waals surface area contributed by atoms with E-state index in [2.05, 4.69) is 11.4 Å². The fourth-order valence-electron chi connectivity index (χ4n) is 1.90. The number of ether oxygens (including phenoxy) is 1. The summed E-state index contributed by atoms with van der Waals surface area (Å²) in [6.07, 6.45) is 5.64. The van der Waals surface area contributed by atoms with E-state index in [1.807, 2.05) is 24.5 Å². The van der Waals surface area contributed by atoms with Gasteiger partial charge in [0.2, 0.25) is 0 Å². The molecular formula is C15H20N2OS. The number of hydrogen-bond donors (Lipinski definition) is 1. The summed E-state index contributed by atoms with van der Waals surface area (Å²) in [6.45, 7) is 2.57. The maximum Gasteiger partial charge on any atom is 0.102 e. The second-order valence-corrected chi connectivity index (χ2v) is 5.64. The van der Waals surface area contributed by atoms with Gasteiger partial charge in [0.25, 0.3) is 0 Å². The lowest BCUT2D eigenvalue weighted by Gasteiger charge is -2.10. The summed E-state index contributed by atoms with van der Waals surface area (Å²) < 4.78 is 5.59. The van der Waals surface area contributed by atoms with Gasteiger partial charge in [0, 0.05) is 24.7 Å². The number of nitriles is 1. The molecule has 0 unspecified atom stereocenters. The molecule has 0 aromatic heterocycles. The van der Waals surface area contributed by atoms with Crippen molar-refractivity contribution in [2.45, 2.75) is 24.2 Å². The van der Waals surface area contributed by atoms with Crippen LogP contribution in [0.4, 0.5) is 5.69 Å². The Kier molecular flexibility index (Phi) is 5.56. The Morgan fingerprint density at radius 1 is 1.47 bits per heavy atom. The molecule has 0 amide bonds. The Morgan fingerprint density at radius 3 is 3.00 bits per heavy atom. The summed E-state index contributed by atoms with van der Waals surface area (Å²) in [5.74, 6) is 0.830. The summed E-state index contributed by atoms with van der Waals surface area (Å²) in [4.78, 5) is 1.03. The summed E-state index contributed by atoms with van der Waals surface area (Å²) in [7, 11) is 0. The Hall–Kier alpha value is -1.18. The van der Waals surface area contributed by atoms with Gasteiger partial charge in [-0.05, 0) is 43.6 Å². The zero-order valence-electron chi connectivity index (χ0n) is 11.3. The molecule has 102 valence electrons. The lowest BCUT2D eigenvalue weighted by atomic mass is 10.2. The summed E-state index contributed by atoms with van der Waals surface area (Å²) >= 11 is 1.60. The second kappa shape index (κ2) is 7.42. The van der Waals surface area contributed by atoms with Crippen molar-refractivity contribution >= 4 is 17.4 Å².